The van der Waals surface area contributed by atoms with Gasteiger partial charge in [-0.1, -0.05) is 152 Å². The van der Waals surface area contributed by atoms with Crippen LogP contribution >= 0.6 is 11.3 Å². The molecule has 0 amide bonds. The highest BCUT2D eigenvalue weighted by Crippen LogP contribution is 2.55. The van der Waals surface area contributed by atoms with Crippen LogP contribution in [-0.4, -0.2) is 11.3 Å². The second-order valence-corrected chi connectivity index (χ2v) is 26.3. The summed E-state index contributed by atoms with van der Waals surface area (Å²) >= 11 is 1.90. The van der Waals surface area contributed by atoms with Crippen LogP contribution in [0.25, 0.3) is 47.7 Å². The molecule has 0 radical (unpaired) electrons. The van der Waals surface area contributed by atoms with E-state index in [0.717, 1.165) is 0 Å². The monoisotopic (exact) mass is 893 g/mol. The van der Waals surface area contributed by atoms with Gasteiger partial charge in [-0.05, 0) is 138 Å². The third-order valence-electron chi connectivity index (χ3n) is 15.4. The fourth-order valence-corrected chi connectivity index (χ4v) is 12.6. The van der Waals surface area contributed by atoms with Crippen LogP contribution in [0.3, 0.4) is 0 Å². The molecule has 5 heterocycles. The van der Waals surface area contributed by atoms with Crippen LogP contribution in [0.4, 0.5) is 34.1 Å². The van der Waals surface area contributed by atoms with Crippen LogP contribution in [0.15, 0.2) is 115 Å². The molecule has 0 unspecified atom stereocenters. The Bertz CT molecular complexity index is 3620. The molecule has 5 heteroatoms. The van der Waals surface area contributed by atoms with E-state index in [1.165, 1.54) is 126 Å². The lowest BCUT2D eigenvalue weighted by atomic mass is 9.33. The summed E-state index contributed by atoms with van der Waals surface area (Å²) in [6.45, 7) is 35.6. The van der Waals surface area contributed by atoms with E-state index in [9.17, 15) is 0 Å². The van der Waals surface area contributed by atoms with E-state index in [2.05, 4.69) is 233 Å². The van der Waals surface area contributed by atoms with Gasteiger partial charge in [-0.25, -0.2) is 0 Å². The maximum atomic E-state index is 2.73. The standard InChI is InChI=1S/C62H64BN3S/c1-58(2,3)35-20-24-47-43(26-35)44-27-37(60(7,8)9)32-51-56(44)65(47)52-33-38(61(10,11)12)29-46-57(52)66(51)50-31-39(62(13,14)15)30-49-55(50)63(46)45-28-36(59(4,5)6)21-25-48(45)64(49)40-22-23-42-41-18-16-17-19-53(41)67-54(42)34-40/h16-34H,1-15H3. The van der Waals surface area contributed by atoms with Crippen LogP contribution in [0.5, 0.6) is 0 Å². The summed E-state index contributed by atoms with van der Waals surface area (Å²) in [7, 11) is 0. The lowest BCUT2D eigenvalue weighted by molar-refractivity contribution is 0.589. The SMILES string of the molecule is CC(C)(C)c1ccc2c(c1)B1c3cc(C(C)(C)C)cc4c3N(c3cc(C(C)(C)C)cc(c31)N2c1ccc2c(c1)sc1ccccc12)c1cc(C(C)(C)C)cc2c3cc(C(C)(C)C)ccc3n-4c12. The molecule has 0 saturated carbocycles. The number of rotatable bonds is 1. The summed E-state index contributed by atoms with van der Waals surface area (Å²) in [6.07, 6.45) is 0. The van der Waals surface area contributed by atoms with Crippen LogP contribution in [0.1, 0.15) is 132 Å². The number of fused-ring (bicyclic) bond motifs is 12. The normalized spacial score (nSPS) is 14.7. The van der Waals surface area contributed by atoms with Crippen LogP contribution in [0.2, 0.25) is 0 Å². The number of thiophene rings is 1. The Morgan fingerprint density at radius 1 is 0.388 bits per heavy atom. The molecular formula is C62H64BN3S. The van der Waals surface area contributed by atoms with Crippen molar-refractivity contribution in [1.29, 1.82) is 0 Å². The molecular weight excluding hydrogens is 830 g/mol. The molecule has 9 aromatic rings. The molecule has 336 valence electrons. The zero-order chi connectivity index (χ0) is 47.2. The molecule has 0 fully saturated rings. The van der Waals surface area contributed by atoms with Gasteiger partial charge in [-0.3, -0.25) is 0 Å². The number of aromatic nitrogens is 1. The first-order valence-electron chi connectivity index (χ1n) is 24.5. The van der Waals surface area contributed by atoms with Gasteiger partial charge in [0.2, 0.25) is 0 Å². The molecule has 3 nitrogen and oxygen atoms in total. The maximum absolute atomic E-state index is 2.73. The summed E-state index contributed by atoms with van der Waals surface area (Å²) in [5, 5.41) is 5.32. The Hall–Kier alpha value is -5.78. The molecule has 67 heavy (non-hydrogen) atoms. The Balaban J connectivity index is 1.27. The van der Waals surface area contributed by atoms with Gasteiger partial charge in [0.1, 0.15) is 0 Å². The van der Waals surface area contributed by atoms with E-state index < -0.39 is 0 Å². The largest absolute Gasteiger partial charge is 0.311 e. The second kappa shape index (κ2) is 13.5. The third-order valence-corrected chi connectivity index (χ3v) is 16.5. The second-order valence-electron chi connectivity index (χ2n) is 25.2. The Labute approximate surface area is 402 Å². The van der Waals surface area contributed by atoms with Crippen molar-refractivity contribution < 1.29 is 0 Å². The van der Waals surface area contributed by atoms with Crippen molar-refractivity contribution in [3.8, 4) is 5.69 Å². The van der Waals surface area contributed by atoms with Crippen molar-refractivity contribution in [1.82, 2.24) is 4.57 Å². The highest BCUT2D eigenvalue weighted by molar-refractivity contribution is 7.25. The fourth-order valence-electron chi connectivity index (χ4n) is 11.4. The molecule has 0 atom stereocenters. The Morgan fingerprint density at radius 2 is 0.925 bits per heavy atom. The highest BCUT2D eigenvalue weighted by atomic mass is 32.1. The Morgan fingerprint density at radius 3 is 1.61 bits per heavy atom. The van der Waals surface area contributed by atoms with Gasteiger partial charge >= 0.3 is 0 Å². The summed E-state index contributed by atoms with van der Waals surface area (Å²) in [6, 6.07) is 46.2. The van der Waals surface area contributed by atoms with Crippen molar-refractivity contribution >= 4 is 111 Å². The quantitative estimate of drug-likeness (QED) is 0.152. The lowest BCUT2D eigenvalue weighted by Gasteiger charge is -2.47. The average molecular weight is 894 g/mol. The zero-order valence-corrected chi connectivity index (χ0v) is 43.1. The molecule has 0 spiro atoms. The number of hydrogen-bond donors (Lipinski definition) is 0. The van der Waals surface area contributed by atoms with E-state index in [-0.39, 0.29) is 33.8 Å². The van der Waals surface area contributed by atoms with Crippen molar-refractivity contribution in [2.24, 2.45) is 0 Å². The molecule has 0 bridgehead atoms. The van der Waals surface area contributed by atoms with Gasteiger partial charge in [-0.2, -0.15) is 0 Å². The minimum Gasteiger partial charge on any atom is -0.311 e. The van der Waals surface area contributed by atoms with Gasteiger partial charge in [-0.15, -0.1) is 11.3 Å². The summed E-state index contributed by atoms with van der Waals surface area (Å²) in [5.74, 6) is 0. The molecule has 0 N–H and O–H groups in total. The van der Waals surface area contributed by atoms with Crippen molar-refractivity contribution in [3.63, 3.8) is 0 Å². The van der Waals surface area contributed by atoms with E-state index in [1.807, 2.05) is 11.3 Å². The zero-order valence-electron chi connectivity index (χ0n) is 42.3. The number of nitrogens with zero attached hydrogens (tertiary/aromatic N) is 3. The van der Waals surface area contributed by atoms with E-state index in [1.54, 1.807) is 0 Å². The smallest absolute Gasteiger partial charge is 0.252 e. The summed E-state index contributed by atoms with van der Waals surface area (Å²) < 4.78 is 5.31. The fraction of sp³-hybridized carbons (Fsp3) is 0.323. The summed E-state index contributed by atoms with van der Waals surface area (Å²) in [4.78, 5) is 5.36. The van der Waals surface area contributed by atoms with Crippen molar-refractivity contribution in [2.75, 3.05) is 9.80 Å². The van der Waals surface area contributed by atoms with E-state index >= 15 is 0 Å². The molecule has 2 aromatic heterocycles. The van der Waals surface area contributed by atoms with Gasteiger partial charge in [0.15, 0.2) is 0 Å². The number of hydrogen-bond acceptors (Lipinski definition) is 3. The van der Waals surface area contributed by atoms with Crippen LogP contribution in [-0.2, 0) is 27.1 Å². The van der Waals surface area contributed by atoms with Gasteiger partial charge in [0, 0.05) is 53.7 Å². The summed E-state index contributed by atoms with van der Waals surface area (Å²) in [5.41, 5.74) is 22.1. The van der Waals surface area contributed by atoms with Crippen LogP contribution < -0.4 is 26.2 Å². The third kappa shape index (κ3) is 6.15. The van der Waals surface area contributed by atoms with E-state index in [0.29, 0.717) is 0 Å². The van der Waals surface area contributed by atoms with Gasteiger partial charge < -0.3 is 14.4 Å². The van der Waals surface area contributed by atoms with Crippen LogP contribution in [0, 0.1) is 0 Å². The minimum absolute atomic E-state index is 0.00471. The van der Waals surface area contributed by atoms with Gasteiger partial charge in [0.25, 0.3) is 6.71 Å². The first-order valence-corrected chi connectivity index (χ1v) is 25.4. The molecule has 7 aromatic carbocycles. The average Bonchev–Trinajstić information content (AvgIpc) is 3.79. The predicted molar refractivity (Wildman–Crippen MR) is 295 cm³/mol. The van der Waals surface area contributed by atoms with Crippen molar-refractivity contribution in [3.05, 3.63) is 143 Å². The van der Waals surface area contributed by atoms with E-state index in [4.69, 9.17) is 0 Å². The molecule has 3 aliphatic rings. The lowest BCUT2D eigenvalue weighted by Crippen LogP contribution is -2.62. The first kappa shape index (κ1) is 42.6. The number of anilines is 6. The highest BCUT2D eigenvalue weighted by Gasteiger charge is 2.48. The Kier molecular flexibility index (Phi) is 8.56. The van der Waals surface area contributed by atoms with Crippen molar-refractivity contribution in [2.45, 2.75) is 131 Å². The predicted octanol–water partition coefficient (Wildman–Crippen LogP) is 16.0. The first-order chi connectivity index (χ1) is 31.4. The number of benzene rings is 7. The molecule has 0 saturated heterocycles. The molecule has 12 rings (SSSR count). The van der Waals surface area contributed by atoms with Gasteiger partial charge in [0.05, 0.1) is 28.1 Å². The minimum atomic E-state index is -0.117. The topological polar surface area (TPSA) is 11.4 Å². The molecule has 3 aliphatic heterocycles. The maximum Gasteiger partial charge on any atom is 0.252 e. The molecule has 0 aliphatic carbocycles.